The highest BCUT2D eigenvalue weighted by Gasteiger charge is 2.37. The standard InChI is InChI=1S/C24H22N2O2.C23H14F6N2O2.2C23H17F3N2O2/c1-4-27-22-12-8-7-11-21(22)23-25-24(28-26-23)18-13-14-20(17(3)15-18)19-10-6-5-9-16(19)2;1-13-12-14(10-11-15(13)16-6-2-4-8-18(16)22(24,25)26)21-30-20(31-33-21)17-7-3-5-9-19(17)32-23(27,28)29;1-14-13-15(11-12-16(14)17-7-3-5-9-19(17)23(24,25)26)22-27-21(28-30-22)18-8-4-6-10-20(18)29-2;1-14-7-3-4-8-17(14)18-12-11-16(13-15(18)2)22-27-21(28-30-22)19-9-5-6-10-20(19)29-23(24,25)26/h5-15H,4H2,1-3H3;2-12H,1H3;2*3-13H,1-2H3. The number of aryl methyl sites for hydroxylation is 6. The Bertz CT molecular complexity index is 6330. The van der Waals surface area contributed by atoms with Crippen LogP contribution in [0.15, 0.2) is 285 Å². The van der Waals surface area contributed by atoms with Gasteiger partial charge in [-0.25, -0.2) is 0 Å². The quantitative estimate of drug-likeness (QED) is 0.0781. The van der Waals surface area contributed by atoms with Crippen LogP contribution in [0.4, 0.5) is 52.7 Å². The fraction of sp³-hybridized carbons (Fsp3) is 0.140. The average molecular weight is 1660 g/mol. The largest absolute Gasteiger partial charge is 0.573 e. The smallest absolute Gasteiger partial charge is 0.496 e. The summed E-state index contributed by atoms with van der Waals surface area (Å²) in [4.78, 5) is 17.4. The fourth-order valence-electron chi connectivity index (χ4n) is 13.4. The molecule has 0 aliphatic heterocycles. The van der Waals surface area contributed by atoms with Crippen LogP contribution in [0.1, 0.15) is 51.4 Å². The van der Waals surface area contributed by atoms with E-state index < -0.39 is 42.0 Å². The molecule has 4 aromatic heterocycles. The fourth-order valence-corrected chi connectivity index (χ4v) is 13.4. The Morgan fingerprint density at radius 1 is 0.264 bits per heavy atom. The van der Waals surface area contributed by atoms with Crippen molar-refractivity contribution in [2.24, 2.45) is 0 Å². The molecule has 0 saturated carbocycles. The second-order valence-electron chi connectivity index (χ2n) is 27.2. The van der Waals surface area contributed by atoms with Crippen LogP contribution in [0.2, 0.25) is 0 Å². The lowest BCUT2D eigenvalue weighted by molar-refractivity contribution is -0.275. The van der Waals surface area contributed by atoms with Crippen LogP contribution in [-0.2, 0) is 12.4 Å². The molecule has 12 aromatic carbocycles. The number of ether oxygens (including phenoxy) is 4. The molecule has 4 heterocycles. The van der Waals surface area contributed by atoms with E-state index in [0.717, 1.165) is 57.3 Å². The number of para-hydroxylation sites is 4. The third kappa shape index (κ3) is 20.2. The average Bonchev–Trinajstić information content (AvgIpc) is 1.28. The highest BCUT2D eigenvalue weighted by Crippen LogP contribution is 2.44. The third-order valence-electron chi connectivity index (χ3n) is 19.0. The molecule has 16 rings (SSSR count). The molecule has 0 atom stereocenters. The van der Waals surface area contributed by atoms with Gasteiger partial charge >= 0.3 is 25.1 Å². The van der Waals surface area contributed by atoms with E-state index in [1.54, 1.807) is 63.4 Å². The summed E-state index contributed by atoms with van der Waals surface area (Å²) in [5, 5.41) is 15.7. The van der Waals surface area contributed by atoms with Gasteiger partial charge in [-0.15, -0.1) is 26.3 Å². The molecule has 0 amide bonds. The maximum Gasteiger partial charge on any atom is 0.573 e. The molecule has 0 aliphatic carbocycles. The minimum Gasteiger partial charge on any atom is -0.496 e. The van der Waals surface area contributed by atoms with E-state index in [0.29, 0.717) is 74.4 Å². The van der Waals surface area contributed by atoms with Gasteiger partial charge in [-0.1, -0.05) is 178 Å². The van der Waals surface area contributed by atoms with E-state index in [1.807, 2.05) is 106 Å². The van der Waals surface area contributed by atoms with Crippen molar-refractivity contribution in [1.82, 2.24) is 40.6 Å². The predicted octanol–water partition coefficient (Wildman–Crippen LogP) is 26.4. The Morgan fingerprint density at radius 3 is 0.785 bits per heavy atom. The molecule has 16 aromatic rings. The summed E-state index contributed by atoms with van der Waals surface area (Å²) in [6.07, 6.45) is -18.7. The summed E-state index contributed by atoms with van der Waals surface area (Å²) < 4.78 is 197. The Labute approximate surface area is 684 Å². The number of rotatable bonds is 17. The first-order chi connectivity index (χ1) is 57.9. The molecule has 0 radical (unpaired) electrons. The molecular formula is C93H70F12N8O8. The highest BCUT2D eigenvalue weighted by atomic mass is 19.4. The van der Waals surface area contributed by atoms with Gasteiger partial charge in [-0.3, -0.25) is 0 Å². The molecule has 0 spiro atoms. The molecule has 614 valence electrons. The van der Waals surface area contributed by atoms with Crippen LogP contribution in [-0.4, -0.2) is 67.0 Å². The monoisotopic (exact) mass is 1650 g/mol. The minimum absolute atomic E-state index is 0.00873. The van der Waals surface area contributed by atoms with Gasteiger partial charge < -0.3 is 37.0 Å². The number of alkyl halides is 12. The van der Waals surface area contributed by atoms with Gasteiger partial charge in [0.15, 0.2) is 0 Å². The van der Waals surface area contributed by atoms with Crippen LogP contribution in [0.25, 0.3) is 136 Å². The summed E-state index contributed by atoms with van der Waals surface area (Å²) in [5.74, 6) is 2.25. The first-order valence-corrected chi connectivity index (χ1v) is 37.2. The topological polar surface area (TPSA) is 193 Å². The lowest BCUT2D eigenvalue weighted by Gasteiger charge is -2.14. The molecule has 28 heteroatoms. The number of halogens is 12. The number of benzene rings is 12. The zero-order valence-electron chi connectivity index (χ0n) is 65.5. The molecule has 0 N–H and O–H groups in total. The van der Waals surface area contributed by atoms with Crippen LogP contribution < -0.4 is 18.9 Å². The molecule has 121 heavy (non-hydrogen) atoms. The van der Waals surface area contributed by atoms with Crippen LogP contribution in [0.5, 0.6) is 23.0 Å². The van der Waals surface area contributed by atoms with Gasteiger partial charge in [-0.2, -0.15) is 46.3 Å². The number of hydrogen-bond donors (Lipinski definition) is 0. The first-order valence-electron chi connectivity index (χ1n) is 37.2. The molecule has 0 aliphatic rings. The third-order valence-corrected chi connectivity index (χ3v) is 19.0. The first kappa shape index (κ1) is 84.5. The van der Waals surface area contributed by atoms with E-state index in [1.165, 1.54) is 101 Å². The molecule has 0 saturated heterocycles. The van der Waals surface area contributed by atoms with Gasteiger partial charge in [0.2, 0.25) is 23.3 Å². The van der Waals surface area contributed by atoms with Crippen molar-refractivity contribution in [3.63, 3.8) is 0 Å². The van der Waals surface area contributed by atoms with Crippen LogP contribution in [0, 0.1) is 41.5 Å². The Morgan fingerprint density at radius 2 is 0.504 bits per heavy atom. The van der Waals surface area contributed by atoms with Crippen LogP contribution >= 0.6 is 0 Å². The van der Waals surface area contributed by atoms with Crippen molar-refractivity contribution in [2.45, 2.75) is 73.5 Å². The van der Waals surface area contributed by atoms with E-state index in [4.69, 9.17) is 27.6 Å². The Hall–Kier alpha value is -14.4. The van der Waals surface area contributed by atoms with Gasteiger partial charge in [-0.05, 0) is 236 Å². The number of methoxy groups -OCH3 is 1. The number of hydrogen-bond acceptors (Lipinski definition) is 16. The summed E-state index contributed by atoms with van der Waals surface area (Å²) in [6.45, 7) is 14.2. The molecular weight excluding hydrogens is 1590 g/mol. The van der Waals surface area contributed by atoms with Gasteiger partial charge in [0, 0.05) is 22.3 Å². The Kier molecular flexibility index (Phi) is 25.3. The maximum atomic E-state index is 13.4. The summed E-state index contributed by atoms with van der Waals surface area (Å²) in [7, 11) is 1.56. The van der Waals surface area contributed by atoms with E-state index >= 15 is 0 Å². The van der Waals surface area contributed by atoms with E-state index in [9.17, 15) is 52.7 Å². The lowest BCUT2D eigenvalue weighted by atomic mass is 9.94. The van der Waals surface area contributed by atoms with Gasteiger partial charge in [0.05, 0.1) is 47.1 Å². The van der Waals surface area contributed by atoms with Gasteiger partial charge in [0.1, 0.15) is 23.0 Å². The van der Waals surface area contributed by atoms with Crippen molar-refractivity contribution in [3.8, 4) is 159 Å². The van der Waals surface area contributed by atoms with Crippen molar-refractivity contribution < 1.29 is 89.7 Å². The predicted molar refractivity (Wildman–Crippen MR) is 432 cm³/mol. The van der Waals surface area contributed by atoms with E-state index in [2.05, 4.69) is 106 Å². The maximum absolute atomic E-state index is 13.4. The van der Waals surface area contributed by atoms with Crippen molar-refractivity contribution >= 4 is 0 Å². The van der Waals surface area contributed by atoms with E-state index in [-0.39, 0.29) is 57.3 Å². The summed E-state index contributed by atoms with van der Waals surface area (Å²) in [6, 6.07) is 74.8. The molecule has 0 fully saturated rings. The minimum atomic E-state index is -4.90. The molecule has 0 bridgehead atoms. The number of aromatic nitrogens is 8. The zero-order valence-corrected chi connectivity index (χ0v) is 65.5. The second kappa shape index (κ2) is 36.2. The van der Waals surface area contributed by atoms with Gasteiger partial charge in [0.25, 0.3) is 23.6 Å². The van der Waals surface area contributed by atoms with Crippen molar-refractivity contribution in [3.05, 3.63) is 311 Å². The SMILES string of the molecule is CCOc1ccccc1-c1noc(-c2ccc(-c3ccccc3C)c(C)c2)n1.COc1ccccc1-c1noc(-c2ccc(-c3ccccc3C(F)(F)F)c(C)c2)n1.Cc1cc(-c2nc(-c3ccccc3OC(F)(F)F)no2)ccc1-c1ccccc1C(F)(F)F.Cc1ccccc1-c1ccc(-c2nc(-c3ccccc3OC(F)(F)F)no2)cc1C. The molecule has 16 nitrogen and oxygen atoms in total. The Balaban J connectivity index is 0.000000139. The van der Waals surface area contributed by atoms with Crippen molar-refractivity contribution in [2.75, 3.05) is 13.7 Å². The normalized spacial score (nSPS) is 11.5. The summed E-state index contributed by atoms with van der Waals surface area (Å²) >= 11 is 0. The van der Waals surface area contributed by atoms with Crippen LogP contribution in [0.3, 0.4) is 0 Å². The van der Waals surface area contributed by atoms with Crippen molar-refractivity contribution in [1.29, 1.82) is 0 Å². The second-order valence-corrected chi connectivity index (χ2v) is 27.2. The zero-order chi connectivity index (χ0) is 85.9. The highest BCUT2D eigenvalue weighted by molar-refractivity contribution is 5.79. The summed E-state index contributed by atoms with van der Waals surface area (Å²) in [5.41, 5.74) is 14.2. The number of nitrogens with zero attached hydrogens (tertiary/aromatic N) is 8. The lowest BCUT2D eigenvalue weighted by Crippen LogP contribution is -2.17. The molecule has 0 unspecified atom stereocenters.